The van der Waals surface area contributed by atoms with Gasteiger partial charge >= 0.3 is 0 Å². The molecule has 1 N–H and O–H groups in total. The second kappa shape index (κ2) is 6.64. The Morgan fingerprint density at radius 2 is 1.92 bits per heavy atom. The van der Waals surface area contributed by atoms with Gasteiger partial charge in [-0.05, 0) is 13.3 Å². The molecule has 26 heavy (non-hydrogen) atoms. The Balaban J connectivity index is 1.39. The molecule has 136 valence electrons. The number of pyridine rings is 1. The Morgan fingerprint density at radius 1 is 1.23 bits per heavy atom. The van der Waals surface area contributed by atoms with E-state index in [1.807, 2.05) is 6.92 Å². The van der Waals surface area contributed by atoms with Gasteiger partial charge < -0.3 is 10.2 Å². The van der Waals surface area contributed by atoms with Gasteiger partial charge in [-0.2, -0.15) is 0 Å². The van der Waals surface area contributed by atoms with Crippen molar-refractivity contribution in [2.24, 2.45) is 0 Å². The Morgan fingerprint density at radius 3 is 2.58 bits per heavy atom. The number of amides is 2. The van der Waals surface area contributed by atoms with E-state index in [1.54, 1.807) is 29.2 Å². The summed E-state index contributed by atoms with van der Waals surface area (Å²) < 4.78 is 13.9. The van der Waals surface area contributed by atoms with Crippen LogP contribution in [0.15, 0.2) is 30.5 Å². The summed E-state index contributed by atoms with van der Waals surface area (Å²) in [6, 6.07) is 6.66. The van der Waals surface area contributed by atoms with E-state index in [9.17, 15) is 14.0 Å². The maximum absolute atomic E-state index is 13.9. The topological polar surface area (TPSA) is 65.5 Å². The summed E-state index contributed by atoms with van der Waals surface area (Å²) in [6.45, 7) is 4.74. The molecule has 2 aliphatic heterocycles. The lowest BCUT2D eigenvalue weighted by Gasteiger charge is -2.41. The first-order valence-corrected chi connectivity index (χ1v) is 8.91. The van der Waals surface area contributed by atoms with Crippen LogP contribution in [0.25, 0.3) is 10.8 Å². The highest BCUT2D eigenvalue weighted by Gasteiger charge is 2.35. The fourth-order valence-electron chi connectivity index (χ4n) is 3.43. The smallest absolute Gasteiger partial charge is 0.273 e. The average Bonchev–Trinajstić information content (AvgIpc) is 2.56. The predicted octanol–water partition coefficient (Wildman–Crippen LogP) is 1.41. The van der Waals surface area contributed by atoms with Crippen LogP contribution in [-0.2, 0) is 4.79 Å². The third kappa shape index (κ3) is 2.92. The molecule has 6 nitrogen and oxygen atoms in total. The summed E-state index contributed by atoms with van der Waals surface area (Å²) in [7, 11) is 0. The van der Waals surface area contributed by atoms with Crippen molar-refractivity contribution in [3.8, 4) is 0 Å². The van der Waals surface area contributed by atoms with Crippen LogP contribution in [0.5, 0.6) is 0 Å². The highest BCUT2D eigenvalue weighted by atomic mass is 19.1. The number of likely N-dealkylation sites (tertiary alicyclic amines) is 2. The number of nitrogens with zero attached hydrogens (tertiary/aromatic N) is 3. The summed E-state index contributed by atoms with van der Waals surface area (Å²) in [4.78, 5) is 32.7. The van der Waals surface area contributed by atoms with Gasteiger partial charge in [0.1, 0.15) is 11.5 Å². The number of hydrogen-bond acceptors (Lipinski definition) is 4. The quantitative estimate of drug-likeness (QED) is 0.900. The number of aromatic nitrogens is 1. The lowest BCUT2D eigenvalue weighted by atomic mass is 10.0. The molecule has 2 aliphatic rings. The molecule has 1 aromatic heterocycles. The Bertz CT molecular complexity index is 862. The van der Waals surface area contributed by atoms with Crippen LogP contribution >= 0.6 is 0 Å². The van der Waals surface area contributed by atoms with E-state index in [2.05, 4.69) is 15.2 Å². The number of hydrogen-bond donors (Lipinski definition) is 1. The molecule has 1 atom stereocenters. The van der Waals surface area contributed by atoms with Gasteiger partial charge in [0, 0.05) is 37.0 Å². The second-order valence-corrected chi connectivity index (χ2v) is 6.98. The van der Waals surface area contributed by atoms with Gasteiger partial charge in [0.15, 0.2) is 0 Å². The molecule has 0 saturated carbocycles. The van der Waals surface area contributed by atoms with Crippen LogP contribution in [0, 0.1) is 5.82 Å². The van der Waals surface area contributed by atoms with Gasteiger partial charge in [-0.25, -0.2) is 9.37 Å². The molecule has 3 heterocycles. The van der Waals surface area contributed by atoms with Gasteiger partial charge in [0.25, 0.3) is 5.91 Å². The molecule has 0 aliphatic carbocycles. The van der Waals surface area contributed by atoms with Crippen molar-refractivity contribution in [3.05, 3.63) is 42.0 Å². The highest BCUT2D eigenvalue weighted by Crippen LogP contribution is 2.23. The zero-order valence-corrected chi connectivity index (χ0v) is 14.6. The Labute approximate surface area is 151 Å². The fraction of sp³-hybridized carbons (Fsp3) is 0.421. The van der Waals surface area contributed by atoms with E-state index in [0.717, 1.165) is 25.7 Å². The first-order chi connectivity index (χ1) is 12.5. The molecular formula is C19H21FN4O2. The van der Waals surface area contributed by atoms with Crippen LogP contribution in [-0.4, -0.2) is 64.9 Å². The number of benzene rings is 1. The van der Waals surface area contributed by atoms with Crippen molar-refractivity contribution in [3.63, 3.8) is 0 Å². The SMILES string of the molecule is CC(C(=O)NC1CN(C(=O)c2ncc(F)c3ccccc23)C1)N1CCC1. The highest BCUT2D eigenvalue weighted by molar-refractivity contribution is 6.05. The Hall–Kier alpha value is -2.54. The molecule has 2 aromatic rings. The lowest BCUT2D eigenvalue weighted by Crippen LogP contribution is -2.63. The predicted molar refractivity (Wildman–Crippen MR) is 95.2 cm³/mol. The van der Waals surface area contributed by atoms with E-state index < -0.39 is 5.82 Å². The monoisotopic (exact) mass is 356 g/mol. The van der Waals surface area contributed by atoms with E-state index >= 15 is 0 Å². The zero-order valence-electron chi connectivity index (χ0n) is 14.6. The standard InChI is InChI=1S/C19H21FN4O2/c1-12(23-7-4-8-23)18(25)22-13-10-24(11-13)19(26)17-15-6-3-2-5-14(15)16(20)9-21-17/h2-3,5-6,9,12-13H,4,7-8,10-11H2,1H3,(H,22,25). The minimum Gasteiger partial charge on any atom is -0.348 e. The maximum atomic E-state index is 13.9. The van der Waals surface area contributed by atoms with Crippen molar-refractivity contribution in [1.82, 2.24) is 20.1 Å². The third-order valence-corrected chi connectivity index (χ3v) is 5.28. The molecule has 2 saturated heterocycles. The Kier molecular flexibility index (Phi) is 4.32. The molecule has 7 heteroatoms. The van der Waals surface area contributed by atoms with Crippen molar-refractivity contribution in [1.29, 1.82) is 0 Å². The molecule has 0 spiro atoms. The van der Waals surface area contributed by atoms with Crippen LogP contribution in [0.2, 0.25) is 0 Å². The number of rotatable bonds is 4. The minimum atomic E-state index is -0.439. The molecule has 4 rings (SSSR count). The molecule has 1 aromatic carbocycles. The summed E-state index contributed by atoms with van der Waals surface area (Å²) in [5, 5.41) is 3.89. The molecule has 0 radical (unpaired) electrons. The first-order valence-electron chi connectivity index (χ1n) is 8.91. The number of carbonyl (C=O) groups excluding carboxylic acids is 2. The van der Waals surface area contributed by atoms with E-state index in [1.165, 1.54) is 0 Å². The summed E-state index contributed by atoms with van der Waals surface area (Å²) in [5.74, 6) is -0.666. The first kappa shape index (κ1) is 16.9. The van der Waals surface area contributed by atoms with Crippen molar-refractivity contribution < 1.29 is 14.0 Å². The molecular weight excluding hydrogens is 335 g/mol. The third-order valence-electron chi connectivity index (χ3n) is 5.28. The normalized spacial score (nSPS) is 18.9. The van der Waals surface area contributed by atoms with E-state index in [4.69, 9.17) is 0 Å². The number of nitrogens with one attached hydrogen (secondary N) is 1. The van der Waals surface area contributed by atoms with Crippen molar-refractivity contribution in [2.75, 3.05) is 26.2 Å². The maximum Gasteiger partial charge on any atom is 0.273 e. The van der Waals surface area contributed by atoms with Gasteiger partial charge in [-0.15, -0.1) is 0 Å². The lowest BCUT2D eigenvalue weighted by molar-refractivity contribution is -0.128. The molecule has 2 amide bonds. The van der Waals surface area contributed by atoms with Gasteiger partial charge in [0.05, 0.1) is 18.3 Å². The molecule has 1 unspecified atom stereocenters. The van der Waals surface area contributed by atoms with E-state index in [0.29, 0.717) is 23.9 Å². The largest absolute Gasteiger partial charge is 0.348 e. The second-order valence-electron chi connectivity index (χ2n) is 6.98. The van der Waals surface area contributed by atoms with Gasteiger partial charge in [-0.3, -0.25) is 14.5 Å². The fourth-order valence-corrected chi connectivity index (χ4v) is 3.43. The van der Waals surface area contributed by atoms with Crippen LogP contribution in [0.4, 0.5) is 4.39 Å². The van der Waals surface area contributed by atoms with Crippen molar-refractivity contribution in [2.45, 2.75) is 25.4 Å². The van der Waals surface area contributed by atoms with E-state index in [-0.39, 0.29) is 29.6 Å². The summed E-state index contributed by atoms with van der Waals surface area (Å²) in [6.07, 6.45) is 2.23. The van der Waals surface area contributed by atoms with Crippen LogP contribution in [0.1, 0.15) is 23.8 Å². The van der Waals surface area contributed by atoms with Gasteiger partial charge in [0.2, 0.25) is 5.91 Å². The minimum absolute atomic E-state index is 0.00663. The average molecular weight is 356 g/mol. The summed E-state index contributed by atoms with van der Waals surface area (Å²) >= 11 is 0. The van der Waals surface area contributed by atoms with Gasteiger partial charge in [-0.1, -0.05) is 24.3 Å². The van der Waals surface area contributed by atoms with Crippen LogP contribution in [0.3, 0.4) is 0 Å². The summed E-state index contributed by atoms with van der Waals surface area (Å²) in [5.41, 5.74) is 0.251. The number of carbonyl (C=O) groups is 2. The zero-order chi connectivity index (χ0) is 18.3. The molecule has 2 fully saturated rings. The van der Waals surface area contributed by atoms with Crippen LogP contribution < -0.4 is 5.32 Å². The van der Waals surface area contributed by atoms with Crippen molar-refractivity contribution >= 4 is 22.6 Å². The number of fused-ring (bicyclic) bond motifs is 1. The molecule has 0 bridgehead atoms. The number of halogens is 1.